The van der Waals surface area contributed by atoms with Gasteiger partial charge in [-0.3, -0.25) is 14.7 Å². The standard InChI is InChI=1S/C16H23N3O2.2C2HF3O2/c1-12-4-3-5-14(17-12)10-19-8-6-16(7-9-19)13(2)18-15(20)11-21-16;2*3-2(4,5)1(6)7/h3-5,13H,6-11H2,1-2H3,(H,18,20);2*(H,6,7). The molecule has 1 spiro atoms. The number of aryl methyl sites for hydroxylation is 1. The first kappa shape index (κ1) is 30.1. The summed E-state index contributed by atoms with van der Waals surface area (Å²) in [6.45, 7) is 7.12. The predicted octanol–water partition coefficient (Wildman–Crippen LogP) is 2.53. The summed E-state index contributed by atoms with van der Waals surface area (Å²) in [5, 5.41) is 17.3. The van der Waals surface area contributed by atoms with Gasteiger partial charge in [-0.05, 0) is 38.8 Å². The number of nitrogens with zero attached hydrogens (tertiary/aromatic N) is 2. The number of carboxylic acids is 2. The lowest BCUT2D eigenvalue weighted by Crippen LogP contribution is -2.62. The Kier molecular flexibility index (Phi) is 10.4. The summed E-state index contributed by atoms with van der Waals surface area (Å²) in [7, 11) is 0. The zero-order valence-electron chi connectivity index (χ0n) is 18.7. The van der Waals surface area contributed by atoms with Gasteiger partial charge in [0.1, 0.15) is 6.61 Å². The highest BCUT2D eigenvalue weighted by molar-refractivity contribution is 5.78. The maximum Gasteiger partial charge on any atom is 0.490 e. The fraction of sp³-hybridized carbons (Fsp3) is 0.600. The molecule has 2 fully saturated rings. The molecule has 198 valence electrons. The van der Waals surface area contributed by atoms with Crippen LogP contribution in [0, 0.1) is 6.92 Å². The van der Waals surface area contributed by atoms with Gasteiger partial charge in [0.2, 0.25) is 5.91 Å². The summed E-state index contributed by atoms with van der Waals surface area (Å²) in [5.41, 5.74) is 2.01. The van der Waals surface area contributed by atoms with Crippen molar-refractivity contribution in [3.8, 4) is 0 Å². The molecule has 1 aromatic heterocycles. The average Bonchev–Trinajstić information content (AvgIpc) is 2.72. The molecule has 0 bridgehead atoms. The lowest BCUT2D eigenvalue weighted by Gasteiger charge is -2.47. The first-order valence-corrected chi connectivity index (χ1v) is 10.1. The van der Waals surface area contributed by atoms with Crippen LogP contribution in [-0.2, 0) is 25.7 Å². The molecule has 2 aliphatic rings. The molecule has 0 aliphatic carbocycles. The number of halogens is 6. The van der Waals surface area contributed by atoms with Crippen LogP contribution in [0.4, 0.5) is 26.3 Å². The Morgan fingerprint density at radius 2 is 1.60 bits per heavy atom. The molecule has 15 heteroatoms. The van der Waals surface area contributed by atoms with Gasteiger partial charge in [0.15, 0.2) is 0 Å². The van der Waals surface area contributed by atoms with E-state index in [2.05, 4.69) is 34.3 Å². The molecule has 1 aromatic rings. The summed E-state index contributed by atoms with van der Waals surface area (Å²) in [6.07, 6.45) is -8.25. The fourth-order valence-corrected chi connectivity index (χ4v) is 3.33. The Morgan fingerprint density at radius 1 is 1.11 bits per heavy atom. The average molecular weight is 517 g/mol. The third-order valence-electron chi connectivity index (χ3n) is 5.18. The van der Waals surface area contributed by atoms with Crippen LogP contribution in [0.25, 0.3) is 0 Å². The highest BCUT2D eigenvalue weighted by Crippen LogP contribution is 2.32. The number of ether oxygens (including phenoxy) is 1. The smallest absolute Gasteiger partial charge is 0.475 e. The molecule has 9 nitrogen and oxygen atoms in total. The molecule has 0 aromatic carbocycles. The van der Waals surface area contributed by atoms with E-state index in [1.807, 2.05) is 13.0 Å². The van der Waals surface area contributed by atoms with E-state index in [9.17, 15) is 31.1 Å². The van der Waals surface area contributed by atoms with E-state index in [0.29, 0.717) is 0 Å². The lowest BCUT2D eigenvalue weighted by atomic mass is 9.83. The number of rotatable bonds is 2. The molecule has 1 atom stereocenters. The zero-order chi connectivity index (χ0) is 27.0. The van der Waals surface area contributed by atoms with Crippen LogP contribution in [0.3, 0.4) is 0 Å². The van der Waals surface area contributed by atoms with Crippen LogP contribution < -0.4 is 5.32 Å². The molecule has 3 rings (SSSR count). The SMILES string of the molecule is Cc1cccc(CN2CCC3(CC2)OCC(=O)NC3C)n1.O=C(O)C(F)(F)F.O=C(O)C(F)(F)F. The first-order valence-electron chi connectivity index (χ1n) is 10.1. The number of carboxylic acid groups (broad SMARTS) is 2. The number of morpholine rings is 1. The number of hydrogen-bond acceptors (Lipinski definition) is 6. The number of likely N-dealkylation sites (tertiary alicyclic amines) is 1. The topological polar surface area (TPSA) is 129 Å². The van der Waals surface area contributed by atoms with Gasteiger partial charge in [-0.2, -0.15) is 26.3 Å². The van der Waals surface area contributed by atoms with Crippen LogP contribution in [0.2, 0.25) is 0 Å². The highest BCUT2D eigenvalue weighted by Gasteiger charge is 2.44. The lowest BCUT2D eigenvalue weighted by molar-refractivity contribution is -0.193. The summed E-state index contributed by atoms with van der Waals surface area (Å²) < 4.78 is 69.4. The molecule has 2 saturated heterocycles. The largest absolute Gasteiger partial charge is 0.490 e. The maximum atomic E-state index is 11.4. The predicted molar refractivity (Wildman–Crippen MR) is 107 cm³/mol. The van der Waals surface area contributed by atoms with E-state index in [-0.39, 0.29) is 24.2 Å². The number of amides is 1. The minimum absolute atomic E-state index is 0.000449. The monoisotopic (exact) mass is 517 g/mol. The van der Waals surface area contributed by atoms with Crippen LogP contribution in [-0.4, -0.2) is 81.6 Å². The van der Waals surface area contributed by atoms with Gasteiger partial charge in [0.25, 0.3) is 0 Å². The number of aliphatic carboxylic acids is 2. The molecule has 2 aliphatic heterocycles. The van der Waals surface area contributed by atoms with E-state index in [0.717, 1.165) is 43.9 Å². The van der Waals surface area contributed by atoms with Gasteiger partial charge in [0.05, 0.1) is 17.3 Å². The van der Waals surface area contributed by atoms with Crippen molar-refractivity contribution in [1.82, 2.24) is 15.2 Å². The molecule has 3 heterocycles. The summed E-state index contributed by atoms with van der Waals surface area (Å²) in [4.78, 5) is 36.2. The number of nitrogens with one attached hydrogen (secondary N) is 1. The quantitative estimate of drug-likeness (QED) is 0.511. The number of pyridine rings is 1. The van der Waals surface area contributed by atoms with Crippen LogP contribution >= 0.6 is 0 Å². The van der Waals surface area contributed by atoms with E-state index < -0.39 is 24.3 Å². The van der Waals surface area contributed by atoms with Crippen molar-refractivity contribution in [3.63, 3.8) is 0 Å². The van der Waals surface area contributed by atoms with Crippen molar-refractivity contribution in [1.29, 1.82) is 0 Å². The first-order chi connectivity index (χ1) is 16.0. The molecular weight excluding hydrogens is 492 g/mol. The Labute approximate surface area is 196 Å². The molecule has 1 amide bonds. The Morgan fingerprint density at radius 3 is 2.00 bits per heavy atom. The van der Waals surface area contributed by atoms with Gasteiger partial charge >= 0.3 is 24.3 Å². The third-order valence-corrected chi connectivity index (χ3v) is 5.18. The fourth-order valence-electron chi connectivity index (χ4n) is 3.33. The second-order valence-electron chi connectivity index (χ2n) is 7.79. The molecular formula is C20H25F6N3O6. The molecule has 3 N–H and O–H groups in total. The number of piperidine rings is 1. The van der Waals surface area contributed by atoms with E-state index >= 15 is 0 Å². The zero-order valence-corrected chi connectivity index (χ0v) is 18.7. The van der Waals surface area contributed by atoms with Crippen LogP contribution in [0.15, 0.2) is 18.2 Å². The number of hydrogen-bond donors (Lipinski definition) is 3. The van der Waals surface area contributed by atoms with Crippen molar-refractivity contribution in [2.24, 2.45) is 0 Å². The minimum Gasteiger partial charge on any atom is -0.475 e. The number of carbonyl (C=O) groups excluding carboxylic acids is 1. The van der Waals surface area contributed by atoms with Crippen molar-refractivity contribution >= 4 is 17.8 Å². The van der Waals surface area contributed by atoms with Gasteiger partial charge in [-0.1, -0.05) is 6.07 Å². The summed E-state index contributed by atoms with van der Waals surface area (Å²) in [5.74, 6) is -5.51. The van der Waals surface area contributed by atoms with Crippen molar-refractivity contribution in [2.75, 3.05) is 19.7 Å². The maximum absolute atomic E-state index is 11.4. The number of alkyl halides is 6. The second-order valence-corrected chi connectivity index (χ2v) is 7.79. The van der Waals surface area contributed by atoms with Gasteiger partial charge < -0.3 is 20.3 Å². The van der Waals surface area contributed by atoms with E-state index in [4.69, 9.17) is 24.5 Å². The molecule has 0 radical (unpaired) electrons. The van der Waals surface area contributed by atoms with E-state index in [1.165, 1.54) is 0 Å². The molecule has 1 unspecified atom stereocenters. The highest BCUT2D eigenvalue weighted by atomic mass is 19.4. The Bertz CT molecular complexity index is 861. The van der Waals surface area contributed by atoms with Gasteiger partial charge in [0, 0.05) is 25.3 Å². The van der Waals surface area contributed by atoms with Crippen LogP contribution in [0.1, 0.15) is 31.2 Å². The molecule has 0 saturated carbocycles. The number of carbonyl (C=O) groups is 3. The second kappa shape index (κ2) is 12.2. The van der Waals surface area contributed by atoms with Crippen LogP contribution in [0.5, 0.6) is 0 Å². The van der Waals surface area contributed by atoms with E-state index in [1.54, 1.807) is 0 Å². The normalized spacial score (nSPS) is 20.0. The van der Waals surface area contributed by atoms with Crippen molar-refractivity contribution in [2.45, 2.75) is 57.2 Å². The summed E-state index contributed by atoms with van der Waals surface area (Å²) in [6, 6.07) is 6.26. The molecule has 35 heavy (non-hydrogen) atoms. The van der Waals surface area contributed by atoms with Crippen molar-refractivity contribution in [3.05, 3.63) is 29.6 Å². The Hall–Kier alpha value is -2.94. The Balaban J connectivity index is 0.000000362. The van der Waals surface area contributed by atoms with Gasteiger partial charge in [-0.25, -0.2) is 9.59 Å². The minimum atomic E-state index is -5.08. The summed E-state index contributed by atoms with van der Waals surface area (Å²) >= 11 is 0. The van der Waals surface area contributed by atoms with Crippen molar-refractivity contribution < 1.29 is 55.7 Å². The van der Waals surface area contributed by atoms with Gasteiger partial charge in [-0.15, -0.1) is 0 Å². The number of aromatic nitrogens is 1. The third kappa shape index (κ3) is 10.1.